The number of piperidine rings is 1. The van der Waals surface area contributed by atoms with Crippen molar-refractivity contribution in [2.75, 3.05) is 24.6 Å². The lowest BCUT2D eigenvalue weighted by molar-refractivity contribution is -0.123. The number of fused-ring (bicyclic) bond motifs is 1. The molecule has 0 bridgehead atoms. The van der Waals surface area contributed by atoms with Gasteiger partial charge in [0.15, 0.2) is 5.13 Å². The van der Waals surface area contributed by atoms with Crippen LogP contribution in [0.15, 0.2) is 23.6 Å². The third kappa shape index (κ3) is 5.10. The van der Waals surface area contributed by atoms with E-state index in [0.717, 1.165) is 36.8 Å². The molecule has 2 aromatic rings. The molecule has 1 unspecified atom stereocenters. The fourth-order valence-electron chi connectivity index (χ4n) is 5.08. The van der Waals surface area contributed by atoms with Crippen LogP contribution in [0.1, 0.15) is 70.9 Å². The topological polar surface area (TPSA) is 91.5 Å². The minimum atomic E-state index is -0.637. The molecule has 7 heteroatoms. The number of carbonyl (C=O) groups excluding carboxylic acids is 1. The second-order valence-corrected chi connectivity index (χ2v) is 11.8. The smallest absolute Gasteiger partial charge is 0.237 e. The Morgan fingerprint density at radius 2 is 1.88 bits per heavy atom. The summed E-state index contributed by atoms with van der Waals surface area (Å²) in [6, 6.07) is 6.41. The highest BCUT2D eigenvalue weighted by Gasteiger charge is 2.37. The van der Waals surface area contributed by atoms with Crippen molar-refractivity contribution in [3.8, 4) is 11.3 Å². The first-order valence-corrected chi connectivity index (χ1v) is 13.0. The van der Waals surface area contributed by atoms with Crippen molar-refractivity contribution in [1.82, 2.24) is 10.3 Å². The maximum absolute atomic E-state index is 12.1. The molecule has 0 spiro atoms. The Labute approximate surface area is 201 Å². The summed E-state index contributed by atoms with van der Waals surface area (Å²) < 4.78 is 0. The standard InChI is InChI=1S/C26H38N4O2S/c1-25(2)10-11-26(3,4)20-15-17(5-6-19(20)25)22-16-33-24(29-22)30-12-7-18(8-13-30)28-23(32)21(27)9-14-31/h5-6,15-16,18,21,31H,7-14,27H2,1-4H3,(H,28,32). The fraction of sp³-hybridized carbons (Fsp3) is 0.615. The van der Waals surface area contributed by atoms with Gasteiger partial charge in [-0.25, -0.2) is 4.98 Å². The number of hydrogen-bond donors (Lipinski definition) is 3. The number of thiazole rings is 1. The predicted octanol–water partition coefficient (Wildman–Crippen LogP) is 3.95. The Balaban J connectivity index is 1.43. The van der Waals surface area contributed by atoms with Gasteiger partial charge in [-0.3, -0.25) is 4.79 Å². The van der Waals surface area contributed by atoms with Gasteiger partial charge >= 0.3 is 0 Å². The molecule has 4 N–H and O–H groups in total. The molecule has 33 heavy (non-hydrogen) atoms. The lowest BCUT2D eigenvalue weighted by Gasteiger charge is -2.42. The highest BCUT2D eigenvalue weighted by molar-refractivity contribution is 7.14. The summed E-state index contributed by atoms with van der Waals surface area (Å²) in [4.78, 5) is 19.4. The van der Waals surface area contributed by atoms with Gasteiger partial charge in [0.1, 0.15) is 0 Å². The number of aliphatic hydroxyl groups excluding tert-OH is 1. The minimum absolute atomic E-state index is 0.0705. The van der Waals surface area contributed by atoms with Crippen LogP contribution in [-0.4, -0.2) is 47.8 Å². The average molecular weight is 471 g/mol. The molecule has 180 valence electrons. The van der Waals surface area contributed by atoms with Crippen LogP contribution in [0.5, 0.6) is 0 Å². The molecule has 1 atom stereocenters. The van der Waals surface area contributed by atoms with Gasteiger partial charge in [0.05, 0.1) is 11.7 Å². The first-order valence-electron chi connectivity index (χ1n) is 12.1. The molecule has 1 aliphatic carbocycles. The predicted molar refractivity (Wildman–Crippen MR) is 136 cm³/mol. The average Bonchev–Trinajstić information content (AvgIpc) is 3.28. The molecule has 0 saturated carbocycles. The van der Waals surface area contributed by atoms with Crippen molar-refractivity contribution >= 4 is 22.4 Å². The number of aromatic nitrogens is 1. The Morgan fingerprint density at radius 3 is 2.55 bits per heavy atom. The number of nitrogens with one attached hydrogen (secondary N) is 1. The molecule has 1 amide bonds. The number of carbonyl (C=O) groups is 1. The largest absolute Gasteiger partial charge is 0.396 e. The van der Waals surface area contributed by atoms with Gasteiger partial charge in [0.2, 0.25) is 5.91 Å². The van der Waals surface area contributed by atoms with Gasteiger partial charge in [0.25, 0.3) is 0 Å². The van der Waals surface area contributed by atoms with E-state index < -0.39 is 6.04 Å². The van der Waals surface area contributed by atoms with Crippen LogP contribution < -0.4 is 16.0 Å². The highest BCUT2D eigenvalue weighted by Crippen LogP contribution is 2.47. The van der Waals surface area contributed by atoms with Gasteiger partial charge in [-0.1, -0.05) is 39.8 Å². The molecular weight excluding hydrogens is 432 g/mol. The van der Waals surface area contributed by atoms with Crippen LogP contribution in [0, 0.1) is 0 Å². The number of benzene rings is 1. The van der Waals surface area contributed by atoms with Crippen LogP contribution in [-0.2, 0) is 15.6 Å². The molecule has 1 aromatic carbocycles. The maximum Gasteiger partial charge on any atom is 0.237 e. The van der Waals surface area contributed by atoms with Gasteiger partial charge < -0.3 is 21.1 Å². The van der Waals surface area contributed by atoms with Crippen molar-refractivity contribution in [2.24, 2.45) is 5.73 Å². The summed E-state index contributed by atoms with van der Waals surface area (Å²) in [6.45, 7) is 11.1. The third-order valence-corrected chi connectivity index (χ3v) is 8.43. The van der Waals surface area contributed by atoms with Gasteiger partial charge in [-0.05, 0) is 60.1 Å². The molecule has 1 saturated heterocycles. The lowest BCUT2D eigenvalue weighted by atomic mass is 9.63. The molecule has 1 aromatic heterocycles. The quantitative estimate of drug-likeness (QED) is 0.595. The molecule has 0 radical (unpaired) electrons. The Bertz CT molecular complexity index is 992. The Kier molecular flexibility index (Phi) is 6.85. The van der Waals surface area contributed by atoms with Crippen LogP contribution in [0.25, 0.3) is 11.3 Å². The molecule has 6 nitrogen and oxygen atoms in total. The summed E-state index contributed by atoms with van der Waals surface area (Å²) in [6.07, 6.45) is 4.46. The third-order valence-electron chi connectivity index (χ3n) is 7.53. The Morgan fingerprint density at radius 1 is 1.21 bits per heavy atom. The first kappa shape index (κ1) is 24.2. The Hall–Kier alpha value is -1.96. The number of hydrogen-bond acceptors (Lipinski definition) is 6. The zero-order valence-corrected chi connectivity index (χ0v) is 21.2. The van der Waals surface area contributed by atoms with Crippen LogP contribution in [0.3, 0.4) is 0 Å². The van der Waals surface area contributed by atoms with Crippen molar-refractivity contribution < 1.29 is 9.90 Å². The first-order chi connectivity index (χ1) is 15.6. The monoisotopic (exact) mass is 470 g/mol. The normalized spacial score (nSPS) is 20.8. The zero-order valence-electron chi connectivity index (χ0n) is 20.4. The summed E-state index contributed by atoms with van der Waals surface area (Å²) in [5.41, 5.74) is 11.4. The van der Waals surface area contributed by atoms with E-state index in [1.54, 1.807) is 11.3 Å². The number of amides is 1. The molecule has 2 aliphatic rings. The van der Waals surface area contributed by atoms with E-state index in [-0.39, 0.29) is 29.4 Å². The number of aliphatic hydroxyl groups is 1. The summed E-state index contributed by atoms with van der Waals surface area (Å²) in [5, 5.41) is 15.2. The van der Waals surface area contributed by atoms with E-state index >= 15 is 0 Å². The van der Waals surface area contributed by atoms with E-state index in [0.29, 0.717) is 6.42 Å². The zero-order chi connectivity index (χ0) is 23.8. The molecule has 1 fully saturated rings. The number of nitrogens with zero attached hydrogens (tertiary/aromatic N) is 2. The maximum atomic E-state index is 12.1. The van der Waals surface area contributed by atoms with Crippen molar-refractivity contribution in [1.29, 1.82) is 0 Å². The van der Waals surface area contributed by atoms with Gasteiger partial charge in [-0.15, -0.1) is 11.3 Å². The van der Waals surface area contributed by atoms with E-state index in [9.17, 15) is 4.79 Å². The number of nitrogens with two attached hydrogens (primary N) is 1. The molecule has 1 aliphatic heterocycles. The van der Waals surface area contributed by atoms with Crippen LogP contribution >= 0.6 is 11.3 Å². The SMILES string of the molecule is CC1(C)CCC(C)(C)c2cc(-c3csc(N4CCC(NC(=O)C(N)CCO)CC4)n3)ccc21. The van der Waals surface area contributed by atoms with Crippen LogP contribution in [0.4, 0.5) is 5.13 Å². The van der Waals surface area contributed by atoms with Gasteiger partial charge in [0, 0.05) is 36.7 Å². The van der Waals surface area contributed by atoms with E-state index in [1.165, 1.54) is 29.5 Å². The van der Waals surface area contributed by atoms with E-state index in [1.807, 2.05) is 0 Å². The summed E-state index contributed by atoms with van der Waals surface area (Å²) in [5.74, 6) is -0.169. The second kappa shape index (κ2) is 9.35. The van der Waals surface area contributed by atoms with E-state index in [2.05, 4.69) is 61.5 Å². The summed E-state index contributed by atoms with van der Waals surface area (Å²) in [7, 11) is 0. The van der Waals surface area contributed by atoms with Crippen LogP contribution in [0.2, 0.25) is 0 Å². The highest BCUT2D eigenvalue weighted by atomic mass is 32.1. The summed E-state index contributed by atoms with van der Waals surface area (Å²) >= 11 is 1.69. The number of rotatable bonds is 6. The number of anilines is 1. The molecular formula is C26H38N4O2S. The minimum Gasteiger partial charge on any atom is -0.396 e. The fourth-order valence-corrected chi connectivity index (χ4v) is 5.97. The van der Waals surface area contributed by atoms with Crippen molar-refractivity contribution in [2.45, 2.75) is 82.7 Å². The second-order valence-electron chi connectivity index (χ2n) is 10.9. The van der Waals surface area contributed by atoms with Crippen molar-refractivity contribution in [3.05, 3.63) is 34.7 Å². The van der Waals surface area contributed by atoms with Crippen molar-refractivity contribution in [3.63, 3.8) is 0 Å². The molecule has 4 rings (SSSR count). The lowest BCUT2D eigenvalue weighted by Crippen LogP contribution is -2.49. The van der Waals surface area contributed by atoms with Gasteiger partial charge in [-0.2, -0.15) is 0 Å². The molecule has 2 heterocycles. The van der Waals surface area contributed by atoms with E-state index in [4.69, 9.17) is 15.8 Å².